The van der Waals surface area contributed by atoms with E-state index in [1.165, 1.54) is 7.05 Å². The molecule has 8 heteroatoms. The highest BCUT2D eigenvalue weighted by molar-refractivity contribution is 7.89. The molecule has 138 valence electrons. The van der Waals surface area contributed by atoms with E-state index in [1.807, 2.05) is 52.8 Å². The Hall–Kier alpha value is -2.61. The number of rotatable bonds is 4. The molecule has 0 saturated carbocycles. The summed E-state index contributed by atoms with van der Waals surface area (Å²) < 4.78 is 30.7. The zero-order chi connectivity index (χ0) is 19.2. The van der Waals surface area contributed by atoms with Gasteiger partial charge in [0.25, 0.3) is 0 Å². The lowest BCUT2D eigenvalue weighted by molar-refractivity contribution is 0.588. The summed E-state index contributed by atoms with van der Waals surface area (Å²) in [7, 11) is -0.251. The van der Waals surface area contributed by atoms with Crippen molar-refractivity contribution < 1.29 is 8.42 Å². The van der Waals surface area contributed by atoms with Crippen molar-refractivity contribution in [3.05, 3.63) is 66.2 Å². The molecule has 0 aliphatic rings. The van der Waals surface area contributed by atoms with Crippen molar-refractivity contribution in [2.45, 2.75) is 4.90 Å². The van der Waals surface area contributed by atoms with Gasteiger partial charge in [0.05, 0.1) is 22.4 Å². The third-order valence-electron chi connectivity index (χ3n) is 4.44. The normalized spacial score (nSPS) is 12.0. The Labute approximate surface area is 162 Å². The molecule has 4 rings (SSSR count). The van der Waals surface area contributed by atoms with Crippen molar-refractivity contribution in [2.24, 2.45) is 7.05 Å². The number of nitrogens with zero attached hydrogens (tertiary/aromatic N) is 3. The molecule has 2 aromatic heterocycles. The molecule has 0 aliphatic carbocycles. The highest BCUT2D eigenvalue weighted by atomic mass is 35.5. The molecule has 0 bridgehead atoms. The number of benzene rings is 2. The number of nitrogens with one attached hydrogen (secondary N) is 1. The minimum absolute atomic E-state index is 0.212. The highest BCUT2D eigenvalue weighted by Crippen LogP contribution is 2.33. The molecular weight excluding hydrogens is 384 g/mol. The molecule has 2 heterocycles. The molecule has 0 saturated heterocycles. The molecule has 1 N–H and O–H groups in total. The van der Waals surface area contributed by atoms with Gasteiger partial charge in [-0.3, -0.25) is 0 Å². The van der Waals surface area contributed by atoms with Crippen LogP contribution in [0.15, 0.2) is 66.1 Å². The number of hydrogen-bond acceptors (Lipinski definition) is 3. The van der Waals surface area contributed by atoms with Crippen molar-refractivity contribution >= 4 is 32.5 Å². The SMILES string of the molecule is CNS(=O)(=O)c1ccc2c(c1)c(-c1cn(C)cn1)cn2-c1ccc(Cl)cc1. The van der Waals surface area contributed by atoms with Gasteiger partial charge < -0.3 is 9.13 Å². The summed E-state index contributed by atoms with van der Waals surface area (Å²) in [5.74, 6) is 0. The molecule has 0 fully saturated rings. The quantitative estimate of drug-likeness (QED) is 0.569. The molecule has 0 atom stereocenters. The molecule has 2 aromatic carbocycles. The molecule has 6 nitrogen and oxygen atoms in total. The van der Waals surface area contributed by atoms with Gasteiger partial charge in [-0.1, -0.05) is 11.6 Å². The lowest BCUT2D eigenvalue weighted by Crippen LogP contribution is -2.18. The van der Waals surface area contributed by atoms with Crippen molar-refractivity contribution in [2.75, 3.05) is 7.05 Å². The Kier molecular flexibility index (Phi) is 4.30. The van der Waals surface area contributed by atoms with Gasteiger partial charge in [-0.2, -0.15) is 0 Å². The average molecular weight is 401 g/mol. The first-order valence-corrected chi connectivity index (χ1v) is 10.1. The van der Waals surface area contributed by atoms with Crippen LogP contribution in [-0.2, 0) is 17.1 Å². The van der Waals surface area contributed by atoms with Crippen LogP contribution in [0.3, 0.4) is 0 Å². The zero-order valence-electron chi connectivity index (χ0n) is 14.7. The van der Waals surface area contributed by atoms with Crippen LogP contribution in [0.5, 0.6) is 0 Å². The van der Waals surface area contributed by atoms with E-state index in [9.17, 15) is 8.42 Å². The number of hydrogen-bond donors (Lipinski definition) is 1. The number of halogens is 1. The second-order valence-electron chi connectivity index (χ2n) is 6.20. The molecule has 0 unspecified atom stereocenters. The third kappa shape index (κ3) is 3.14. The van der Waals surface area contributed by atoms with Crippen LogP contribution >= 0.6 is 11.6 Å². The van der Waals surface area contributed by atoms with Gasteiger partial charge in [0.1, 0.15) is 0 Å². The maximum Gasteiger partial charge on any atom is 0.240 e. The first-order valence-electron chi connectivity index (χ1n) is 8.22. The largest absolute Gasteiger partial charge is 0.340 e. The molecule has 0 aliphatic heterocycles. The Bertz CT molecular complexity index is 1240. The average Bonchev–Trinajstić information content (AvgIpc) is 3.25. The Morgan fingerprint density at radius 3 is 2.44 bits per heavy atom. The Balaban J connectivity index is 2.01. The number of fused-ring (bicyclic) bond motifs is 1. The van der Waals surface area contributed by atoms with Crippen molar-refractivity contribution in [3.8, 4) is 16.9 Å². The Morgan fingerprint density at radius 2 is 1.81 bits per heavy atom. The minimum atomic E-state index is -3.55. The summed E-state index contributed by atoms with van der Waals surface area (Å²) >= 11 is 6.01. The van der Waals surface area contributed by atoms with Gasteiger partial charge >= 0.3 is 0 Å². The van der Waals surface area contributed by atoms with E-state index in [1.54, 1.807) is 24.5 Å². The smallest absolute Gasteiger partial charge is 0.240 e. The lowest BCUT2D eigenvalue weighted by Gasteiger charge is -2.07. The van der Waals surface area contributed by atoms with Crippen LogP contribution in [0, 0.1) is 0 Å². The van der Waals surface area contributed by atoms with Crippen LogP contribution < -0.4 is 4.72 Å². The number of aryl methyl sites for hydroxylation is 1. The van der Waals surface area contributed by atoms with E-state index in [4.69, 9.17) is 11.6 Å². The summed E-state index contributed by atoms with van der Waals surface area (Å²) in [4.78, 5) is 4.64. The van der Waals surface area contributed by atoms with E-state index < -0.39 is 10.0 Å². The maximum absolute atomic E-state index is 12.3. The zero-order valence-corrected chi connectivity index (χ0v) is 16.3. The first-order chi connectivity index (χ1) is 12.9. The molecule has 27 heavy (non-hydrogen) atoms. The fourth-order valence-electron chi connectivity index (χ4n) is 3.07. The van der Waals surface area contributed by atoms with Crippen LogP contribution in [0.4, 0.5) is 0 Å². The molecule has 4 aromatic rings. The topological polar surface area (TPSA) is 68.9 Å². The number of sulfonamides is 1. The van der Waals surface area contributed by atoms with E-state index in [2.05, 4.69) is 9.71 Å². The standard InChI is InChI=1S/C19H17ClN4O2S/c1-21-27(25,26)15-7-8-19-16(9-15)17(18-11-23(2)12-22-18)10-24(19)14-5-3-13(20)4-6-14/h3-12,21H,1-2H3. The number of imidazole rings is 1. The molecular formula is C19H17ClN4O2S. The van der Waals surface area contributed by atoms with Gasteiger partial charge in [-0.15, -0.1) is 0 Å². The second kappa shape index (κ2) is 6.53. The van der Waals surface area contributed by atoms with E-state index in [-0.39, 0.29) is 4.90 Å². The molecule has 0 spiro atoms. The van der Waals surface area contributed by atoms with Crippen LogP contribution in [0.2, 0.25) is 5.02 Å². The maximum atomic E-state index is 12.3. The first kappa shape index (κ1) is 17.8. The summed E-state index contributed by atoms with van der Waals surface area (Å²) in [6, 6.07) is 12.6. The van der Waals surface area contributed by atoms with E-state index in [0.717, 1.165) is 27.8 Å². The van der Waals surface area contributed by atoms with Gasteiger partial charge in [-0.25, -0.2) is 18.1 Å². The summed E-state index contributed by atoms with van der Waals surface area (Å²) in [5, 5.41) is 1.46. The molecule has 0 amide bonds. The van der Waals surface area contributed by atoms with Crippen LogP contribution in [-0.4, -0.2) is 29.6 Å². The Morgan fingerprint density at radius 1 is 1.07 bits per heavy atom. The van der Waals surface area contributed by atoms with Gasteiger partial charge in [0, 0.05) is 41.1 Å². The summed E-state index contributed by atoms with van der Waals surface area (Å²) in [6.07, 6.45) is 5.58. The van der Waals surface area contributed by atoms with Gasteiger partial charge in [0.15, 0.2) is 0 Å². The van der Waals surface area contributed by atoms with Crippen molar-refractivity contribution in [3.63, 3.8) is 0 Å². The van der Waals surface area contributed by atoms with Crippen molar-refractivity contribution in [1.29, 1.82) is 0 Å². The van der Waals surface area contributed by atoms with Crippen LogP contribution in [0.1, 0.15) is 0 Å². The fourth-order valence-corrected chi connectivity index (χ4v) is 3.95. The summed E-state index contributed by atoms with van der Waals surface area (Å²) in [5.41, 5.74) is 3.44. The predicted octanol–water partition coefficient (Wildman–Crippen LogP) is 3.59. The summed E-state index contributed by atoms with van der Waals surface area (Å²) in [6.45, 7) is 0. The fraction of sp³-hybridized carbons (Fsp3) is 0.105. The van der Waals surface area contributed by atoms with Gasteiger partial charge in [-0.05, 0) is 49.5 Å². The number of aromatic nitrogens is 3. The van der Waals surface area contributed by atoms with Gasteiger partial charge in [0.2, 0.25) is 10.0 Å². The second-order valence-corrected chi connectivity index (χ2v) is 8.52. The third-order valence-corrected chi connectivity index (χ3v) is 6.10. The van der Waals surface area contributed by atoms with E-state index >= 15 is 0 Å². The monoisotopic (exact) mass is 400 g/mol. The predicted molar refractivity (Wildman–Crippen MR) is 107 cm³/mol. The van der Waals surface area contributed by atoms with Crippen molar-refractivity contribution in [1.82, 2.24) is 18.8 Å². The highest BCUT2D eigenvalue weighted by Gasteiger charge is 2.18. The van der Waals surface area contributed by atoms with Crippen LogP contribution in [0.25, 0.3) is 27.8 Å². The minimum Gasteiger partial charge on any atom is -0.340 e. The molecule has 0 radical (unpaired) electrons. The van der Waals surface area contributed by atoms with E-state index in [0.29, 0.717) is 5.02 Å². The lowest BCUT2D eigenvalue weighted by atomic mass is 10.1.